The first-order valence-electron chi connectivity index (χ1n) is 3.20. The minimum absolute atomic E-state index is 0.798. The molecular weight excluding hydrogens is 116 g/mol. The monoisotopic (exact) mass is 128 g/mol. The highest BCUT2D eigenvalue weighted by Gasteiger charge is 1.87. The van der Waals surface area contributed by atoms with Gasteiger partial charge in [-0.3, -0.25) is 0 Å². The zero-order valence-corrected chi connectivity index (χ0v) is 5.39. The van der Waals surface area contributed by atoms with Gasteiger partial charge in [0.25, 0.3) is 0 Å². The van der Waals surface area contributed by atoms with Crippen molar-refractivity contribution in [3.05, 3.63) is 12.4 Å². The number of hydrogen-bond donors (Lipinski definition) is 2. The second-order valence-electron chi connectivity index (χ2n) is 1.85. The van der Waals surface area contributed by atoms with Crippen molar-refractivity contribution in [3.63, 3.8) is 0 Å². The molecule has 1 heterocycles. The van der Waals surface area contributed by atoms with Crippen LogP contribution in [0.4, 0.5) is 0 Å². The second-order valence-corrected chi connectivity index (χ2v) is 1.85. The highest BCUT2D eigenvalue weighted by molar-refractivity contribution is 4.77. The minimum Gasteiger partial charge on any atom is -0.387 e. The van der Waals surface area contributed by atoms with Gasteiger partial charge in [-0.15, -0.1) is 0 Å². The van der Waals surface area contributed by atoms with E-state index in [0.29, 0.717) is 0 Å². The summed E-state index contributed by atoms with van der Waals surface area (Å²) in [5.74, 6) is 0. The average molecular weight is 128 g/mol. The molecule has 0 fully saturated rings. The molecule has 9 heavy (non-hydrogen) atoms. The third-order valence-corrected chi connectivity index (χ3v) is 1.10. The summed E-state index contributed by atoms with van der Waals surface area (Å²) in [4.78, 5) is 0. The Morgan fingerprint density at radius 3 is 2.11 bits per heavy atom. The number of ether oxygens (including phenoxy) is 1. The fraction of sp³-hybridized carbons (Fsp3) is 0.667. The van der Waals surface area contributed by atoms with Gasteiger partial charge in [-0.25, -0.2) is 0 Å². The van der Waals surface area contributed by atoms with Crippen molar-refractivity contribution in [2.45, 2.75) is 0 Å². The highest BCUT2D eigenvalue weighted by Crippen LogP contribution is 1.75. The Hall–Kier alpha value is -0.700. The molecule has 0 atom stereocenters. The Kier molecular flexibility index (Phi) is 3.00. The summed E-state index contributed by atoms with van der Waals surface area (Å²) < 4.78 is 5.19. The molecule has 0 unspecified atom stereocenters. The maximum atomic E-state index is 5.19. The van der Waals surface area contributed by atoms with E-state index in [9.17, 15) is 0 Å². The summed E-state index contributed by atoms with van der Waals surface area (Å²) in [7, 11) is 0. The zero-order chi connectivity index (χ0) is 6.36. The van der Waals surface area contributed by atoms with Crippen molar-refractivity contribution in [2.75, 3.05) is 26.3 Å². The van der Waals surface area contributed by atoms with Gasteiger partial charge in [0.15, 0.2) is 0 Å². The van der Waals surface area contributed by atoms with Gasteiger partial charge in [0.1, 0.15) is 0 Å². The van der Waals surface area contributed by atoms with E-state index in [4.69, 9.17) is 4.74 Å². The lowest BCUT2D eigenvalue weighted by atomic mass is 10.7. The van der Waals surface area contributed by atoms with E-state index in [1.165, 1.54) is 0 Å². The van der Waals surface area contributed by atoms with Crippen LogP contribution in [0, 0.1) is 0 Å². The van der Waals surface area contributed by atoms with Gasteiger partial charge in [-0.2, -0.15) is 0 Å². The van der Waals surface area contributed by atoms with Gasteiger partial charge in [-0.1, -0.05) is 0 Å². The summed E-state index contributed by atoms with van der Waals surface area (Å²) in [6, 6.07) is 0. The maximum Gasteiger partial charge on any atom is 0.0639 e. The summed E-state index contributed by atoms with van der Waals surface area (Å²) in [5.41, 5.74) is 0. The van der Waals surface area contributed by atoms with Crippen molar-refractivity contribution >= 4 is 0 Å². The average Bonchev–Trinajstić information content (AvgIpc) is 2.00. The summed E-state index contributed by atoms with van der Waals surface area (Å²) in [6.07, 6.45) is 3.80. The van der Waals surface area contributed by atoms with E-state index in [1.807, 2.05) is 12.4 Å². The van der Waals surface area contributed by atoms with E-state index < -0.39 is 0 Å². The van der Waals surface area contributed by atoms with Gasteiger partial charge < -0.3 is 15.4 Å². The smallest absolute Gasteiger partial charge is 0.0639 e. The van der Waals surface area contributed by atoms with Gasteiger partial charge in [0, 0.05) is 25.5 Å². The Balaban J connectivity index is 2.15. The van der Waals surface area contributed by atoms with Crippen molar-refractivity contribution < 1.29 is 4.74 Å². The molecule has 0 radical (unpaired) electrons. The van der Waals surface area contributed by atoms with Crippen LogP contribution in [0.2, 0.25) is 0 Å². The van der Waals surface area contributed by atoms with Crippen LogP contribution in [0.1, 0.15) is 0 Å². The predicted molar refractivity (Wildman–Crippen MR) is 36.0 cm³/mol. The lowest BCUT2D eigenvalue weighted by Crippen LogP contribution is -2.14. The summed E-state index contributed by atoms with van der Waals surface area (Å²) >= 11 is 0. The second kappa shape index (κ2) is 4.21. The van der Waals surface area contributed by atoms with E-state index in [1.54, 1.807) is 0 Å². The Bertz CT molecular complexity index is 83.1. The van der Waals surface area contributed by atoms with E-state index in [2.05, 4.69) is 10.6 Å². The molecule has 1 aliphatic rings. The standard InChI is InChI=1S/C6H12N2O/c1-2-8-4-6-9-5-3-7-1/h1-2,7-8H,3-6H2. The van der Waals surface area contributed by atoms with Crippen LogP contribution < -0.4 is 10.6 Å². The topological polar surface area (TPSA) is 33.3 Å². The first-order chi connectivity index (χ1) is 4.50. The zero-order valence-electron chi connectivity index (χ0n) is 5.39. The molecule has 3 heteroatoms. The van der Waals surface area contributed by atoms with Crippen molar-refractivity contribution in [1.29, 1.82) is 0 Å². The minimum atomic E-state index is 0.798. The normalized spacial score (nSPS) is 20.4. The lowest BCUT2D eigenvalue weighted by molar-refractivity contribution is 0.143. The fourth-order valence-corrected chi connectivity index (χ4v) is 0.649. The van der Waals surface area contributed by atoms with Crippen LogP contribution in [0.3, 0.4) is 0 Å². The number of nitrogens with one attached hydrogen (secondary N) is 2. The predicted octanol–water partition coefficient (Wildman–Crippen LogP) is -0.333. The van der Waals surface area contributed by atoms with Crippen LogP contribution in [0.5, 0.6) is 0 Å². The van der Waals surface area contributed by atoms with Gasteiger partial charge in [0.2, 0.25) is 0 Å². The van der Waals surface area contributed by atoms with Crippen LogP contribution in [0.25, 0.3) is 0 Å². The molecule has 1 aliphatic heterocycles. The van der Waals surface area contributed by atoms with Crippen molar-refractivity contribution in [1.82, 2.24) is 10.6 Å². The largest absolute Gasteiger partial charge is 0.387 e. The number of rotatable bonds is 0. The molecule has 0 saturated carbocycles. The third kappa shape index (κ3) is 2.98. The number of hydrogen-bond acceptors (Lipinski definition) is 3. The van der Waals surface area contributed by atoms with Crippen LogP contribution in [0.15, 0.2) is 12.4 Å². The van der Waals surface area contributed by atoms with E-state index in [0.717, 1.165) is 26.3 Å². The summed E-state index contributed by atoms with van der Waals surface area (Å²) in [5, 5.41) is 6.12. The van der Waals surface area contributed by atoms with Crippen molar-refractivity contribution in [3.8, 4) is 0 Å². The van der Waals surface area contributed by atoms with Crippen LogP contribution in [-0.4, -0.2) is 26.3 Å². The molecule has 3 nitrogen and oxygen atoms in total. The van der Waals surface area contributed by atoms with E-state index in [-0.39, 0.29) is 0 Å². The molecule has 1 rings (SSSR count). The molecule has 0 aliphatic carbocycles. The first-order valence-corrected chi connectivity index (χ1v) is 3.20. The molecule has 0 amide bonds. The van der Waals surface area contributed by atoms with Crippen molar-refractivity contribution in [2.24, 2.45) is 0 Å². The molecule has 0 aromatic carbocycles. The Labute approximate surface area is 55.1 Å². The molecular formula is C6H12N2O. The van der Waals surface area contributed by atoms with Gasteiger partial charge in [-0.05, 0) is 0 Å². The highest BCUT2D eigenvalue weighted by atomic mass is 16.5. The van der Waals surface area contributed by atoms with Crippen LogP contribution in [-0.2, 0) is 4.74 Å². The summed E-state index contributed by atoms with van der Waals surface area (Å²) in [6.45, 7) is 3.40. The van der Waals surface area contributed by atoms with E-state index >= 15 is 0 Å². The third-order valence-electron chi connectivity index (χ3n) is 1.10. The SMILES string of the molecule is C1=CNCCOCCN1. The van der Waals surface area contributed by atoms with Gasteiger partial charge in [0.05, 0.1) is 13.2 Å². The maximum absolute atomic E-state index is 5.19. The Morgan fingerprint density at radius 1 is 1.00 bits per heavy atom. The molecule has 0 aromatic rings. The molecule has 2 N–H and O–H groups in total. The molecule has 0 saturated heterocycles. The molecule has 0 aromatic heterocycles. The Morgan fingerprint density at radius 2 is 1.56 bits per heavy atom. The molecule has 52 valence electrons. The molecule has 0 spiro atoms. The quantitative estimate of drug-likeness (QED) is 0.468. The van der Waals surface area contributed by atoms with Gasteiger partial charge >= 0.3 is 0 Å². The fourth-order valence-electron chi connectivity index (χ4n) is 0.649. The van der Waals surface area contributed by atoms with Crippen LogP contribution >= 0.6 is 0 Å². The molecule has 0 bridgehead atoms. The lowest BCUT2D eigenvalue weighted by Gasteiger charge is -1.99. The first kappa shape index (κ1) is 6.42.